The maximum absolute atomic E-state index is 9.53. The van der Waals surface area contributed by atoms with Gasteiger partial charge < -0.3 is 5.11 Å². The summed E-state index contributed by atoms with van der Waals surface area (Å²) in [6, 6.07) is 21.4. The molecule has 1 unspecified atom stereocenters. The van der Waals surface area contributed by atoms with Gasteiger partial charge in [0.25, 0.3) is 0 Å². The van der Waals surface area contributed by atoms with Crippen LogP contribution in [0, 0.1) is 0 Å². The van der Waals surface area contributed by atoms with Crippen molar-refractivity contribution >= 4 is 0 Å². The van der Waals surface area contributed by atoms with Crippen molar-refractivity contribution in [1.29, 1.82) is 0 Å². The molecule has 25 heavy (non-hydrogen) atoms. The van der Waals surface area contributed by atoms with E-state index in [4.69, 9.17) is 0 Å². The fourth-order valence-corrected chi connectivity index (χ4v) is 4.76. The molecule has 5 rings (SSSR count). The molecule has 3 aromatic carbocycles. The Morgan fingerprint density at radius 3 is 2.40 bits per heavy atom. The van der Waals surface area contributed by atoms with Gasteiger partial charge in [-0.15, -0.1) is 0 Å². The second kappa shape index (κ2) is 5.77. The van der Waals surface area contributed by atoms with Crippen molar-refractivity contribution in [2.24, 2.45) is 0 Å². The molecule has 0 fully saturated rings. The zero-order chi connectivity index (χ0) is 16.8. The van der Waals surface area contributed by atoms with Crippen LogP contribution in [-0.2, 0) is 25.7 Å². The summed E-state index contributed by atoms with van der Waals surface area (Å²) >= 11 is 0. The maximum Gasteiger partial charge on any atom is 0.115 e. The van der Waals surface area contributed by atoms with Crippen LogP contribution >= 0.6 is 0 Å². The van der Waals surface area contributed by atoms with Crippen LogP contribution < -0.4 is 0 Å². The largest absolute Gasteiger partial charge is 0.508 e. The summed E-state index contributed by atoms with van der Waals surface area (Å²) in [5.74, 6) is 0.926. The number of rotatable bonds is 1. The minimum absolute atomic E-state index is 0.354. The number of aryl methyl sites for hydroxylation is 1. The van der Waals surface area contributed by atoms with Gasteiger partial charge in [0.15, 0.2) is 0 Å². The Morgan fingerprint density at radius 2 is 1.52 bits per heavy atom. The van der Waals surface area contributed by atoms with Crippen molar-refractivity contribution in [1.82, 2.24) is 0 Å². The van der Waals surface area contributed by atoms with E-state index in [2.05, 4.69) is 48.5 Å². The first-order valence-electron chi connectivity index (χ1n) is 9.30. The van der Waals surface area contributed by atoms with Crippen molar-refractivity contribution in [2.45, 2.75) is 38.0 Å². The molecule has 3 aromatic rings. The highest BCUT2D eigenvalue weighted by atomic mass is 16.3. The number of hydrogen-bond acceptors (Lipinski definition) is 1. The van der Waals surface area contributed by atoms with E-state index in [1.165, 1.54) is 53.5 Å². The summed E-state index contributed by atoms with van der Waals surface area (Å²) in [5, 5.41) is 9.53. The summed E-state index contributed by atoms with van der Waals surface area (Å²) in [5.41, 5.74) is 10.5. The van der Waals surface area contributed by atoms with Gasteiger partial charge in [-0.1, -0.05) is 48.5 Å². The number of benzene rings is 3. The van der Waals surface area contributed by atoms with E-state index in [1.54, 1.807) is 11.1 Å². The molecule has 0 amide bonds. The number of hydrogen-bond donors (Lipinski definition) is 1. The van der Waals surface area contributed by atoms with Gasteiger partial charge in [0, 0.05) is 0 Å². The highest BCUT2D eigenvalue weighted by Crippen LogP contribution is 2.41. The molecule has 1 heteroatoms. The van der Waals surface area contributed by atoms with Crippen LogP contribution in [0.2, 0.25) is 0 Å². The third-order valence-corrected chi connectivity index (χ3v) is 6.05. The van der Waals surface area contributed by atoms with Crippen LogP contribution in [0.5, 0.6) is 5.75 Å². The van der Waals surface area contributed by atoms with Gasteiger partial charge in [0.2, 0.25) is 0 Å². The highest BCUT2D eigenvalue weighted by molar-refractivity contribution is 5.75. The minimum atomic E-state index is 0.354. The van der Waals surface area contributed by atoms with Gasteiger partial charge in [0.1, 0.15) is 5.75 Å². The van der Waals surface area contributed by atoms with Gasteiger partial charge in [-0.05, 0) is 89.1 Å². The summed E-state index contributed by atoms with van der Waals surface area (Å²) < 4.78 is 0. The van der Waals surface area contributed by atoms with E-state index < -0.39 is 0 Å². The molecule has 0 bridgehead atoms. The zero-order valence-corrected chi connectivity index (χ0v) is 14.3. The lowest BCUT2D eigenvalue weighted by molar-refractivity contribution is 0.474. The first kappa shape index (κ1) is 14.8. The topological polar surface area (TPSA) is 20.2 Å². The molecule has 0 spiro atoms. The minimum Gasteiger partial charge on any atom is -0.508 e. The molecule has 0 aromatic heterocycles. The van der Waals surface area contributed by atoms with Gasteiger partial charge >= 0.3 is 0 Å². The normalized spacial score (nSPS) is 18.2. The Labute approximate surface area is 149 Å². The molecular weight excluding hydrogens is 304 g/mol. The lowest BCUT2D eigenvalue weighted by Crippen LogP contribution is -2.17. The molecule has 2 aliphatic rings. The summed E-state index contributed by atoms with van der Waals surface area (Å²) in [7, 11) is 0. The lowest BCUT2D eigenvalue weighted by atomic mass is 9.74. The fourth-order valence-electron chi connectivity index (χ4n) is 4.76. The summed E-state index contributed by atoms with van der Waals surface area (Å²) in [4.78, 5) is 0. The Bertz CT molecular complexity index is 937. The van der Waals surface area contributed by atoms with Crippen LogP contribution in [0.15, 0.2) is 60.7 Å². The van der Waals surface area contributed by atoms with Gasteiger partial charge in [-0.3, -0.25) is 0 Å². The van der Waals surface area contributed by atoms with Crippen molar-refractivity contribution < 1.29 is 5.11 Å². The second-order valence-corrected chi connectivity index (χ2v) is 7.42. The third-order valence-electron chi connectivity index (χ3n) is 6.05. The smallest absolute Gasteiger partial charge is 0.115 e. The number of fused-ring (bicyclic) bond motifs is 5. The highest BCUT2D eigenvalue weighted by Gasteiger charge is 2.26. The van der Waals surface area contributed by atoms with Crippen molar-refractivity contribution in [3.05, 3.63) is 88.5 Å². The molecular formula is C24H22O. The number of phenolic OH excluding ortho intramolecular Hbond substituents is 1. The molecule has 1 nitrogen and oxygen atoms in total. The van der Waals surface area contributed by atoms with Gasteiger partial charge in [0.05, 0.1) is 0 Å². The van der Waals surface area contributed by atoms with Crippen LogP contribution in [0.4, 0.5) is 0 Å². The van der Waals surface area contributed by atoms with E-state index >= 15 is 0 Å². The van der Waals surface area contributed by atoms with E-state index in [0.717, 1.165) is 6.42 Å². The zero-order valence-electron chi connectivity index (χ0n) is 14.3. The number of aromatic hydroxyl groups is 1. The predicted molar refractivity (Wildman–Crippen MR) is 102 cm³/mol. The van der Waals surface area contributed by atoms with Gasteiger partial charge in [-0.2, -0.15) is 0 Å². The first-order chi connectivity index (χ1) is 12.3. The Morgan fingerprint density at radius 1 is 0.680 bits per heavy atom. The second-order valence-electron chi connectivity index (χ2n) is 7.42. The maximum atomic E-state index is 9.53. The molecule has 0 aliphatic heterocycles. The molecule has 1 N–H and O–H groups in total. The molecule has 2 aliphatic carbocycles. The van der Waals surface area contributed by atoms with Crippen LogP contribution in [-0.4, -0.2) is 5.11 Å². The monoisotopic (exact) mass is 326 g/mol. The Kier molecular flexibility index (Phi) is 3.41. The van der Waals surface area contributed by atoms with Crippen LogP contribution in [0.25, 0.3) is 11.1 Å². The summed E-state index contributed by atoms with van der Waals surface area (Å²) in [6.07, 6.45) is 5.84. The quantitative estimate of drug-likeness (QED) is 0.632. The summed E-state index contributed by atoms with van der Waals surface area (Å²) in [6.45, 7) is 0. The predicted octanol–water partition coefficient (Wildman–Crippen LogP) is 5.43. The first-order valence-corrected chi connectivity index (χ1v) is 9.30. The van der Waals surface area contributed by atoms with Crippen molar-refractivity contribution in [2.75, 3.05) is 0 Å². The van der Waals surface area contributed by atoms with Crippen molar-refractivity contribution in [3.8, 4) is 16.9 Å². The van der Waals surface area contributed by atoms with Gasteiger partial charge in [-0.25, -0.2) is 0 Å². The lowest BCUT2D eigenvalue weighted by Gasteiger charge is -2.30. The molecule has 1 atom stereocenters. The molecule has 0 heterocycles. The van der Waals surface area contributed by atoms with E-state index in [9.17, 15) is 5.11 Å². The molecule has 0 saturated carbocycles. The molecule has 124 valence electrons. The third kappa shape index (κ3) is 2.46. The molecule has 0 radical (unpaired) electrons. The Hall–Kier alpha value is -2.54. The Balaban J connectivity index is 1.52. The average molecular weight is 326 g/mol. The van der Waals surface area contributed by atoms with Crippen molar-refractivity contribution in [3.63, 3.8) is 0 Å². The number of phenols is 1. The van der Waals surface area contributed by atoms with Crippen LogP contribution in [0.1, 0.15) is 40.2 Å². The standard InChI is InChI=1S/C24H22O/c25-20-10-5-16(6-11-20)18-8-12-22-19(15-18)9-14-23-21-4-2-1-3-17(21)7-13-24(22)23/h1-6,9-11,14,18,25H,7-8,12-13,15H2. The van der Waals surface area contributed by atoms with Crippen LogP contribution in [0.3, 0.4) is 0 Å². The average Bonchev–Trinajstić information content (AvgIpc) is 2.67. The van der Waals surface area contributed by atoms with E-state index in [0.29, 0.717) is 11.7 Å². The SMILES string of the molecule is Oc1ccc(C2CCc3c(ccc4c3CCc3ccccc3-4)C2)cc1. The molecule has 0 saturated heterocycles. The van der Waals surface area contributed by atoms with E-state index in [1.807, 2.05) is 12.1 Å². The van der Waals surface area contributed by atoms with E-state index in [-0.39, 0.29) is 0 Å². The fraction of sp³-hybridized carbons (Fsp3) is 0.250.